The van der Waals surface area contributed by atoms with Crippen LogP contribution in [0.4, 0.5) is 0 Å². The van der Waals surface area contributed by atoms with Gasteiger partial charge in [0.25, 0.3) is 0 Å². The first-order valence-electron chi connectivity index (χ1n) is 10.1. The summed E-state index contributed by atoms with van der Waals surface area (Å²) in [5, 5.41) is 18.9. The van der Waals surface area contributed by atoms with Crippen LogP contribution in [-0.4, -0.2) is 41.3 Å². The van der Waals surface area contributed by atoms with Crippen LogP contribution in [0.1, 0.15) is 48.5 Å². The van der Waals surface area contributed by atoms with Crippen LogP contribution in [-0.2, 0) is 11.2 Å². The van der Waals surface area contributed by atoms with Crippen molar-refractivity contribution in [3.05, 3.63) is 47.5 Å². The number of aryl methyl sites for hydroxylation is 1. The second kappa shape index (κ2) is 10.0. The van der Waals surface area contributed by atoms with Gasteiger partial charge in [-0.2, -0.15) is 0 Å². The zero-order chi connectivity index (χ0) is 21.5. The molecule has 7 nitrogen and oxygen atoms in total. The fraction of sp³-hybridized carbons (Fsp3) is 0.391. The number of ketones is 1. The van der Waals surface area contributed by atoms with E-state index >= 15 is 0 Å². The summed E-state index contributed by atoms with van der Waals surface area (Å²) in [6, 6.07) is 10.2. The van der Waals surface area contributed by atoms with Gasteiger partial charge in [-0.15, -0.1) is 0 Å². The van der Waals surface area contributed by atoms with Crippen LogP contribution in [0.2, 0.25) is 0 Å². The topological polar surface area (TPSA) is 102 Å². The van der Waals surface area contributed by atoms with E-state index in [0.717, 1.165) is 24.8 Å². The van der Waals surface area contributed by atoms with E-state index in [-0.39, 0.29) is 17.1 Å². The number of carboxylic acid groups (broad SMARTS) is 1. The third-order valence-corrected chi connectivity index (χ3v) is 4.93. The van der Waals surface area contributed by atoms with Gasteiger partial charge in [0.05, 0.1) is 18.8 Å². The second-order valence-electron chi connectivity index (χ2n) is 7.25. The van der Waals surface area contributed by atoms with Crippen molar-refractivity contribution >= 4 is 11.8 Å². The summed E-state index contributed by atoms with van der Waals surface area (Å²) in [7, 11) is 0. The number of unbranched alkanes of at least 4 members (excludes halogenated alkanes) is 2. The molecular formula is C23H26O7. The number of aliphatic carboxylic acids is 1. The summed E-state index contributed by atoms with van der Waals surface area (Å²) < 4.78 is 16.9. The maximum atomic E-state index is 11.3. The molecule has 1 aliphatic rings. The molecule has 2 N–H and O–H groups in total. The Balaban J connectivity index is 1.35. The minimum absolute atomic E-state index is 0.0721. The number of rotatable bonds is 10. The molecule has 0 spiro atoms. The lowest BCUT2D eigenvalue weighted by Gasteiger charge is -2.23. The number of carbonyl (C=O) groups is 2. The van der Waals surface area contributed by atoms with Crippen molar-refractivity contribution in [1.82, 2.24) is 0 Å². The highest BCUT2D eigenvalue weighted by Crippen LogP contribution is 2.31. The van der Waals surface area contributed by atoms with Gasteiger partial charge in [-0.3, -0.25) is 4.79 Å². The Morgan fingerprint density at radius 2 is 1.70 bits per heavy atom. The van der Waals surface area contributed by atoms with Gasteiger partial charge in [0.2, 0.25) is 0 Å². The van der Waals surface area contributed by atoms with Crippen LogP contribution in [0, 0.1) is 0 Å². The standard InChI is InChI=1S/C23H26O7/c1-15(24)19-9-8-17(13-20(19)25)28-11-3-2-4-12-29-18-7-5-16-6-10-21(23(26)27)30-22(16)14-18/h5,7-9,13-14,21,25H,2-4,6,10-12H2,1H3,(H,26,27). The Morgan fingerprint density at radius 3 is 2.33 bits per heavy atom. The number of benzene rings is 2. The smallest absolute Gasteiger partial charge is 0.344 e. The highest BCUT2D eigenvalue weighted by Gasteiger charge is 2.25. The van der Waals surface area contributed by atoms with Crippen LogP contribution >= 0.6 is 0 Å². The Labute approximate surface area is 175 Å². The number of hydrogen-bond donors (Lipinski definition) is 2. The largest absolute Gasteiger partial charge is 0.507 e. The highest BCUT2D eigenvalue weighted by molar-refractivity contribution is 5.96. The van der Waals surface area contributed by atoms with Gasteiger partial charge in [-0.1, -0.05) is 6.07 Å². The van der Waals surface area contributed by atoms with Crippen molar-refractivity contribution in [3.63, 3.8) is 0 Å². The number of hydrogen-bond acceptors (Lipinski definition) is 6. The number of carbonyl (C=O) groups excluding carboxylic acids is 1. The molecule has 1 aliphatic heterocycles. The molecule has 0 radical (unpaired) electrons. The molecule has 0 aliphatic carbocycles. The first-order valence-corrected chi connectivity index (χ1v) is 10.1. The predicted molar refractivity (Wildman–Crippen MR) is 110 cm³/mol. The average Bonchev–Trinajstić information content (AvgIpc) is 2.72. The number of carboxylic acids is 1. The molecule has 160 valence electrons. The number of phenols is 1. The molecule has 0 bridgehead atoms. The Hall–Kier alpha value is -3.22. The Morgan fingerprint density at radius 1 is 1.03 bits per heavy atom. The maximum absolute atomic E-state index is 11.3. The van der Waals surface area contributed by atoms with E-state index in [1.165, 1.54) is 13.0 Å². The van der Waals surface area contributed by atoms with Crippen molar-refractivity contribution in [2.75, 3.05) is 13.2 Å². The summed E-state index contributed by atoms with van der Waals surface area (Å²) in [5.74, 6) is 0.570. The van der Waals surface area contributed by atoms with Gasteiger partial charge in [0, 0.05) is 12.1 Å². The summed E-state index contributed by atoms with van der Waals surface area (Å²) in [5.41, 5.74) is 1.28. The maximum Gasteiger partial charge on any atom is 0.344 e. The lowest BCUT2D eigenvalue weighted by molar-refractivity contribution is -0.145. The number of fused-ring (bicyclic) bond motifs is 1. The normalized spacial score (nSPS) is 15.0. The molecule has 1 heterocycles. The van der Waals surface area contributed by atoms with Crippen molar-refractivity contribution in [2.24, 2.45) is 0 Å². The number of phenolic OH excluding ortho intramolecular Hbond substituents is 1. The van der Waals surface area contributed by atoms with Crippen LogP contribution in [0.15, 0.2) is 36.4 Å². The predicted octanol–water partition coefficient (Wildman–Crippen LogP) is 4.00. The van der Waals surface area contributed by atoms with Crippen LogP contribution in [0.25, 0.3) is 0 Å². The van der Waals surface area contributed by atoms with E-state index in [1.807, 2.05) is 12.1 Å². The van der Waals surface area contributed by atoms with E-state index in [4.69, 9.17) is 19.3 Å². The zero-order valence-electron chi connectivity index (χ0n) is 16.9. The monoisotopic (exact) mass is 414 g/mol. The lowest BCUT2D eigenvalue weighted by Crippen LogP contribution is -2.30. The van der Waals surface area contributed by atoms with E-state index < -0.39 is 12.1 Å². The molecule has 1 unspecified atom stereocenters. The minimum atomic E-state index is -0.945. The SMILES string of the molecule is CC(=O)c1ccc(OCCCCCOc2ccc3c(c2)OC(C(=O)O)CC3)cc1O. The van der Waals surface area contributed by atoms with Gasteiger partial charge in [-0.05, 0) is 62.8 Å². The molecule has 0 aromatic heterocycles. The quantitative estimate of drug-likeness (QED) is 0.447. The molecule has 0 saturated heterocycles. The summed E-state index contributed by atoms with van der Waals surface area (Å²) in [6.45, 7) is 2.44. The van der Waals surface area contributed by atoms with E-state index in [2.05, 4.69) is 0 Å². The van der Waals surface area contributed by atoms with Gasteiger partial charge < -0.3 is 24.4 Å². The van der Waals surface area contributed by atoms with Crippen LogP contribution < -0.4 is 14.2 Å². The van der Waals surface area contributed by atoms with Crippen molar-refractivity contribution < 1.29 is 34.0 Å². The van der Waals surface area contributed by atoms with Crippen LogP contribution in [0.5, 0.6) is 23.0 Å². The van der Waals surface area contributed by atoms with E-state index in [9.17, 15) is 14.7 Å². The highest BCUT2D eigenvalue weighted by atomic mass is 16.5. The molecule has 1 atom stereocenters. The average molecular weight is 414 g/mol. The van der Waals surface area contributed by atoms with Gasteiger partial charge in [0.15, 0.2) is 11.9 Å². The summed E-state index contributed by atoms with van der Waals surface area (Å²) in [6.07, 6.45) is 2.93. The molecule has 2 aromatic carbocycles. The van der Waals surface area contributed by atoms with E-state index in [0.29, 0.717) is 43.3 Å². The number of Topliss-reactive ketones (excluding diaryl/α,β-unsaturated/α-hetero) is 1. The molecular weight excluding hydrogens is 388 g/mol. The molecule has 3 rings (SSSR count). The van der Waals surface area contributed by atoms with Crippen molar-refractivity contribution in [2.45, 2.75) is 45.1 Å². The van der Waals surface area contributed by atoms with Crippen LogP contribution in [0.3, 0.4) is 0 Å². The molecule has 7 heteroatoms. The number of ether oxygens (including phenoxy) is 3. The molecule has 2 aromatic rings. The Bertz CT molecular complexity index is 906. The third-order valence-electron chi connectivity index (χ3n) is 4.93. The minimum Gasteiger partial charge on any atom is -0.507 e. The van der Waals surface area contributed by atoms with Crippen molar-refractivity contribution in [3.8, 4) is 23.0 Å². The number of aromatic hydroxyl groups is 1. The summed E-state index contributed by atoms with van der Waals surface area (Å²) >= 11 is 0. The Kier molecular flexibility index (Phi) is 7.17. The fourth-order valence-electron chi connectivity index (χ4n) is 3.27. The molecule has 30 heavy (non-hydrogen) atoms. The molecule has 0 amide bonds. The fourth-order valence-corrected chi connectivity index (χ4v) is 3.27. The summed E-state index contributed by atoms with van der Waals surface area (Å²) in [4.78, 5) is 22.4. The van der Waals surface area contributed by atoms with E-state index in [1.54, 1.807) is 18.2 Å². The third kappa shape index (κ3) is 5.65. The zero-order valence-corrected chi connectivity index (χ0v) is 16.9. The van der Waals surface area contributed by atoms with Gasteiger partial charge >= 0.3 is 5.97 Å². The lowest BCUT2D eigenvalue weighted by atomic mass is 10.0. The van der Waals surface area contributed by atoms with Gasteiger partial charge in [0.1, 0.15) is 23.0 Å². The second-order valence-corrected chi connectivity index (χ2v) is 7.25. The molecule has 0 fully saturated rings. The first-order chi connectivity index (χ1) is 14.4. The van der Waals surface area contributed by atoms with Crippen molar-refractivity contribution in [1.29, 1.82) is 0 Å². The first kappa shape index (κ1) is 21.5. The molecule has 0 saturated carbocycles. The van der Waals surface area contributed by atoms with Gasteiger partial charge in [-0.25, -0.2) is 4.79 Å².